The molecule has 3 atom stereocenters. The Hall–Kier alpha value is -0.160. The smallest absolute Gasteiger partial charge is 0.0897 e. The van der Waals surface area contributed by atoms with Gasteiger partial charge in [0.2, 0.25) is 0 Å². The first-order valence-electron chi connectivity index (χ1n) is 7.86. The summed E-state index contributed by atoms with van der Waals surface area (Å²) in [4.78, 5) is 0. The first kappa shape index (κ1) is 15.2. The molecule has 2 N–H and O–H groups in total. The molecule has 0 amide bonds. The van der Waals surface area contributed by atoms with Crippen molar-refractivity contribution in [1.82, 2.24) is 5.32 Å². The number of ether oxygens (including phenoxy) is 2. The maximum Gasteiger partial charge on any atom is 0.0897 e. The molecule has 4 nitrogen and oxygen atoms in total. The van der Waals surface area contributed by atoms with Gasteiger partial charge in [0.1, 0.15) is 0 Å². The number of rotatable bonds is 6. The summed E-state index contributed by atoms with van der Waals surface area (Å²) >= 11 is 0. The third kappa shape index (κ3) is 5.38. The standard InChI is InChI=1S/C15H29NO3/c1-12-4-2-3-5-15(12)19-11-14(17)10-16-13-6-8-18-9-7-13/h12-17H,2-11H2,1H3. The van der Waals surface area contributed by atoms with Crippen molar-refractivity contribution in [3.05, 3.63) is 0 Å². The third-order valence-electron chi connectivity index (χ3n) is 4.40. The Balaban J connectivity index is 1.57. The SMILES string of the molecule is CC1CCCCC1OCC(O)CNC1CCOCC1. The van der Waals surface area contributed by atoms with Gasteiger partial charge in [0.05, 0.1) is 18.8 Å². The van der Waals surface area contributed by atoms with E-state index in [4.69, 9.17) is 9.47 Å². The second-order valence-electron chi connectivity index (χ2n) is 6.08. The summed E-state index contributed by atoms with van der Waals surface area (Å²) in [6.07, 6.45) is 7.08. The molecule has 2 aliphatic rings. The highest BCUT2D eigenvalue weighted by atomic mass is 16.5. The van der Waals surface area contributed by atoms with Gasteiger partial charge >= 0.3 is 0 Å². The predicted octanol–water partition coefficient (Wildman–Crippen LogP) is 1.71. The molecule has 1 aliphatic heterocycles. The van der Waals surface area contributed by atoms with E-state index in [0.29, 0.717) is 31.2 Å². The number of hydrogen-bond donors (Lipinski definition) is 2. The molecule has 1 saturated carbocycles. The van der Waals surface area contributed by atoms with Crippen LogP contribution in [0.3, 0.4) is 0 Å². The van der Waals surface area contributed by atoms with Crippen LogP contribution in [0.1, 0.15) is 45.4 Å². The van der Waals surface area contributed by atoms with Crippen molar-refractivity contribution in [3.63, 3.8) is 0 Å². The summed E-state index contributed by atoms with van der Waals surface area (Å²) in [7, 11) is 0. The van der Waals surface area contributed by atoms with E-state index in [1.165, 1.54) is 19.3 Å². The highest BCUT2D eigenvalue weighted by Crippen LogP contribution is 2.26. The van der Waals surface area contributed by atoms with E-state index in [9.17, 15) is 5.11 Å². The number of hydrogen-bond acceptors (Lipinski definition) is 4. The quantitative estimate of drug-likeness (QED) is 0.772. The van der Waals surface area contributed by atoms with E-state index in [0.717, 1.165) is 32.5 Å². The van der Waals surface area contributed by atoms with Crippen molar-refractivity contribution in [1.29, 1.82) is 0 Å². The summed E-state index contributed by atoms with van der Waals surface area (Å²) in [5.74, 6) is 0.643. The fourth-order valence-electron chi connectivity index (χ4n) is 3.03. The second kappa shape index (κ2) is 8.20. The van der Waals surface area contributed by atoms with Crippen LogP contribution in [0.25, 0.3) is 0 Å². The van der Waals surface area contributed by atoms with Crippen molar-refractivity contribution in [2.45, 2.75) is 63.7 Å². The van der Waals surface area contributed by atoms with Crippen molar-refractivity contribution < 1.29 is 14.6 Å². The first-order valence-corrected chi connectivity index (χ1v) is 7.86. The third-order valence-corrected chi connectivity index (χ3v) is 4.40. The molecule has 1 saturated heterocycles. The van der Waals surface area contributed by atoms with Gasteiger partial charge in [-0.3, -0.25) is 0 Å². The Labute approximate surface area is 116 Å². The maximum atomic E-state index is 9.98. The predicted molar refractivity (Wildman–Crippen MR) is 75.2 cm³/mol. The number of aliphatic hydroxyl groups excluding tert-OH is 1. The lowest BCUT2D eigenvalue weighted by atomic mass is 9.88. The zero-order valence-corrected chi connectivity index (χ0v) is 12.1. The van der Waals surface area contributed by atoms with Crippen LogP contribution in [0.15, 0.2) is 0 Å². The van der Waals surface area contributed by atoms with E-state index in [2.05, 4.69) is 12.2 Å². The fourth-order valence-corrected chi connectivity index (χ4v) is 3.03. The van der Waals surface area contributed by atoms with Gasteiger partial charge in [-0.25, -0.2) is 0 Å². The molecule has 1 aliphatic carbocycles. The van der Waals surface area contributed by atoms with E-state index in [1.807, 2.05) is 0 Å². The minimum absolute atomic E-state index is 0.353. The molecule has 3 unspecified atom stereocenters. The minimum Gasteiger partial charge on any atom is -0.389 e. The second-order valence-corrected chi connectivity index (χ2v) is 6.08. The molecule has 2 fully saturated rings. The lowest BCUT2D eigenvalue weighted by molar-refractivity contribution is -0.0463. The van der Waals surface area contributed by atoms with E-state index in [-0.39, 0.29) is 0 Å². The summed E-state index contributed by atoms with van der Waals surface area (Å²) < 4.78 is 11.2. The summed E-state index contributed by atoms with van der Waals surface area (Å²) in [5, 5.41) is 13.4. The van der Waals surface area contributed by atoms with Gasteiger partial charge in [0.15, 0.2) is 0 Å². The topological polar surface area (TPSA) is 50.7 Å². The molecule has 4 heteroatoms. The Bertz CT molecular complexity index is 244. The van der Waals surface area contributed by atoms with E-state index in [1.54, 1.807) is 0 Å². The Morgan fingerprint density at radius 3 is 2.68 bits per heavy atom. The summed E-state index contributed by atoms with van der Waals surface area (Å²) in [5.41, 5.74) is 0. The van der Waals surface area contributed by atoms with E-state index < -0.39 is 6.10 Å². The monoisotopic (exact) mass is 271 g/mol. The molecule has 19 heavy (non-hydrogen) atoms. The zero-order valence-electron chi connectivity index (χ0n) is 12.1. The molecule has 112 valence electrons. The van der Waals surface area contributed by atoms with Gasteiger partial charge in [-0.05, 0) is 31.6 Å². The highest BCUT2D eigenvalue weighted by molar-refractivity contribution is 4.75. The van der Waals surface area contributed by atoms with Crippen LogP contribution in [0.2, 0.25) is 0 Å². The largest absolute Gasteiger partial charge is 0.389 e. The molecular weight excluding hydrogens is 242 g/mol. The van der Waals surface area contributed by atoms with Crippen molar-refractivity contribution in [2.24, 2.45) is 5.92 Å². The zero-order chi connectivity index (χ0) is 13.5. The van der Waals surface area contributed by atoms with Crippen LogP contribution in [-0.2, 0) is 9.47 Å². The highest BCUT2D eigenvalue weighted by Gasteiger charge is 2.23. The molecule has 0 aromatic carbocycles. The van der Waals surface area contributed by atoms with Gasteiger partial charge in [-0.2, -0.15) is 0 Å². The van der Waals surface area contributed by atoms with Crippen LogP contribution in [0, 0.1) is 5.92 Å². The van der Waals surface area contributed by atoms with Gasteiger partial charge < -0.3 is 19.9 Å². The van der Waals surface area contributed by atoms with Crippen LogP contribution in [0.4, 0.5) is 0 Å². The molecule has 0 aromatic heterocycles. The van der Waals surface area contributed by atoms with Crippen LogP contribution in [0.5, 0.6) is 0 Å². The van der Waals surface area contributed by atoms with Crippen LogP contribution in [-0.4, -0.2) is 49.7 Å². The van der Waals surface area contributed by atoms with Crippen molar-refractivity contribution in [2.75, 3.05) is 26.4 Å². The van der Waals surface area contributed by atoms with Gasteiger partial charge in [-0.1, -0.05) is 19.8 Å². The summed E-state index contributed by atoms with van der Waals surface area (Å²) in [6, 6.07) is 0.497. The van der Waals surface area contributed by atoms with E-state index >= 15 is 0 Å². The fraction of sp³-hybridized carbons (Fsp3) is 1.00. The van der Waals surface area contributed by atoms with Crippen molar-refractivity contribution >= 4 is 0 Å². The van der Waals surface area contributed by atoms with Crippen LogP contribution < -0.4 is 5.32 Å². The molecule has 0 spiro atoms. The maximum absolute atomic E-state index is 9.98. The lowest BCUT2D eigenvalue weighted by Crippen LogP contribution is -2.41. The molecule has 0 radical (unpaired) electrons. The van der Waals surface area contributed by atoms with Crippen molar-refractivity contribution in [3.8, 4) is 0 Å². The Morgan fingerprint density at radius 2 is 1.95 bits per heavy atom. The molecular formula is C15H29NO3. The normalized spacial score (nSPS) is 31.3. The molecule has 0 bridgehead atoms. The average molecular weight is 271 g/mol. The Kier molecular flexibility index (Phi) is 6.57. The Morgan fingerprint density at radius 1 is 1.21 bits per heavy atom. The van der Waals surface area contributed by atoms with Crippen LogP contribution >= 0.6 is 0 Å². The molecule has 0 aromatic rings. The summed E-state index contributed by atoms with van der Waals surface area (Å²) in [6.45, 7) is 5.03. The van der Waals surface area contributed by atoms with Gasteiger partial charge in [-0.15, -0.1) is 0 Å². The molecule has 2 rings (SSSR count). The number of nitrogens with one attached hydrogen (secondary N) is 1. The average Bonchev–Trinajstić information content (AvgIpc) is 2.45. The first-order chi connectivity index (χ1) is 9.25. The minimum atomic E-state index is -0.392. The molecule has 1 heterocycles. The van der Waals surface area contributed by atoms with Gasteiger partial charge in [0.25, 0.3) is 0 Å². The van der Waals surface area contributed by atoms with Gasteiger partial charge in [0, 0.05) is 25.8 Å². The number of aliphatic hydroxyl groups is 1. The lowest BCUT2D eigenvalue weighted by Gasteiger charge is -2.30.